The Kier molecular flexibility index (Phi) is 6.03. The molecule has 0 aliphatic heterocycles. The second-order valence-electron chi connectivity index (χ2n) is 4.41. The number of ether oxygens (including phenoxy) is 2. The topological polar surface area (TPSA) is 68.4 Å². The van der Waals surface area contributed by atoms with Crippen molar-refractivity contribution in [2.75, 3.05) is 13.2 Å². The summed E-state index contributed by atoms with van der Waals surface area (Å²) in [5.41, 5.74) is -0.524. The fraction of sp³-hybridized carbons (Fsp3) is 0.467. The first-order chi connectivity index (χ1) is 9.60. The van der Waals surface area contributed by atoms with Crippen LogP contribution in [0.3, 0.4) is 0 Å². The lowest BCUT2D eigenvalue weighted by atomic mass is 9.79. The molecule has 1 heterocycles. The molecule has 0 bridgehead atoms. The van der Waals surface area contributed by atoms with E-state index < -0.39 is 17.4 Å². The van der Waals surface area contributed by atoms with Crippen molar-refractivity contribution >= 4 is 11.9 Å². The minimum Gasteiger partial charge on any atom is -0.465 e. The SMILES string of the molecule is C=CCC(Cc1cc[nH]c1)(C(=O)OCC)C(=O)OCC. The van der Waals surface area contributed by atoms with Crippen LogP contribution in [-0.4, -0.2) is 30.1 Å². The summed E-state index contributed by atoms with van der Waals surface area (Å²) in [6.45, 7) is 7.47. The van der Waals surface area contributed by atoms with Crippen LogP contribution in [0, 0.1) is 5.41 Å². The first-order valence-corrected chi connectivity index (χ1v) is 6.67. The highest BCUT2D eigenvalue weighted by atomic mass is 16.6. The molecule has 5 heteroatoms. The molecule has 20 heavy (non-hydrogen) atoms. The highest BCUT2D eigenvalue weighted by Gasteiger charge is 2.48. The molecule has 1 aromatic heterocycles. The van der Waals surface area contributed by atoms with Crippen molar-refractivity contribution in [1.29, 1.82) is 0 Å². The predicted molar refractivity (Wildman–Crippen MR) is 75.0 cm³/mol. The molecule has 0 fully saturated rings. The number of carbonyl (C=O) groups excluding carboxylic acids is 2. The van der Waals surface area contributed by atoms with Gasteiger partial charge >= 0.3 is 11.9 Å². The molecule has 0 saturated heterocycles. The molecule has 1 rings (SSSR count). The third-order valence-corrected chi connectivity index (χ3v) is 2.99. The molecule has 0 aliphatic rings. The summed E-state index contributed by atoms with van der Waals surface area (Å²) in [4.78, 5) is 27.5. The molecule has 5 nitrogen and oxygen atoms in total. The van der Waals surface area contributed by atoms with Gasteiger partial charge in [-0.25, -0.2) is 0 Å². The summed E-state index contributed by atoms with van der Waals surface area (Å²) >= 11 is 0. The summed E-state index contributed by atoms with van der Waals surface area (Å²) < 4.78 is 10.2. The molecule has 0 saturated carbocycles. The first kappa shape index (κ1) is 16.0. The van der Waals surface area contributed by atoms with Crippen molar-refractivity contribution < 1.29 is 19.1 Å². The molecule has 0 radical (unpaired) electrons. The van der Waals surface area contributed by atoms with Gasteiger partial charge in [-0.1, -0.05) is 6.08 Å². The number of carbonyl (C=O) groups is 2. The van der Waals surface area contributed by atoms with Crippen LogP contribution in [0.4, 0.5) is 0 Å². The van der Waals surface area contributed by atoms with Gasteiger partial charge in [0.2, 0.25) is 0 Å². The number of allylic oxidation sites excluding steroid dienone is 1. The van der Waals surface area contributed by atoms with Crippen molar-refractivity contribution in [1.82, 2.24) is 4.98 Å². The van der Waals surface area contributed by atoms with E-state index in [1.165, 1.54) is 0 Å². The Morgan fingerprint density at radius 1 is 1.30 bits per heavy atom. The average molecular weight is 279 g/mol. The van der Waals surface area contributed by atoms with E-state index in [1.54, 1.807) is 32.3 Å². The van der Waals surface area contributed by atoms with Crippen LogP contribution < -0.4 is 0 Å². The van der Waals surface area contributed by atoms with Crippen LogP contribution in [0.1, 0.15) is 25.8 Å². The molecule has 0 spiro atoms. The zero-order chi connectivity index (χ0) is 15.0. The highest BCUT2D eigenvalue weighted by Crippen LogP contribution is 2.31. The Morgan fingerprint density at radius 3 is 2.30 bits per heavy atom. The number of nitrogens with one attached hydrogen (secondary N) is 1. The molecular formula is C15H21NO4. The van der Waals surface area contributed by atoms with E-state index in [-0.39, 0.29) is 26.1 Å². The summed E-state index contributed by atoms with van der Waals surface area (Å²) in [7, 11) is 0. The fourth-order valence-electron chi connectivity index (χ4n) is 2.07. The van der Waals surface area contributed by atoms with Crippen molar-refractivity contribution in [2.24, 2.45) is 5.41 Å². The Hall–Kier alpha value is -2.04. The van der Waals surface area contributed by atoms with E-state index in [4.69, 9.17) is 9.47 Å². The van der Waals surface area contributed by atoms with E-state index in [2.05, 4.69) is 11.6 Å². The van der Waals surface area contributed by atoms with Gasteiger partial charge in [0.25, 0.3) is 0 Å². The second kappa shape index (κ2) is 7.53. The van der Waals surface area contributed by atoms with Gasteiger partial charge in [0.1, 0.15) is 0 Å². The molecular weight excluding hydrogens is 258 g/mol. The van der Waals surface area contributed by atoms with E-state index >= 15 is 0 Å². The highest BCUT2D eigenvalue weighted by molar-refractivity contribution is 6.00. The van der Waals surface area contributed by atoms with Crippen molar-refractivity contribution in [3.05, 3.63) is 36.7 Å². The Morgan fingerprint density at radius 2 is 1.90 bits per heavy atom. The molecule has 1 aromatic rings. The van der Waals surface area contributed by atoms with Gasteiger partial charge in [0.05, 0.1) is 13.2 Å². The Balaban J connectivity index is 3.13. The van der Waals surface area contributed by atoms with E-state index in [9.17, 15) is 9.59 Å². The van der Waals surface area contributed by atoms with Crippen molar-refractivity contribution in [3.8, 4) is 0 Å². The largest absolute Gasteiger partial charge is 0.465 e. The van der Waals surface area contributed by atoms with Crippen LogP contribution in [0.15, 0.2) is 31.1 Å². The van der Waals surface area contributed by atoms with Crippen LogP contribution in [0.25, 0.3) is 0 Å². The Bertz CT molecular complexity index is 432. The molecule has 0 aliphatic carbocycles. The summed E-state index contributed by atoms with van der Waals surface area (Å²) in [5.74, 6) is -1.14. The molecule has 0 unspecified atom stereocenters. The maximum atomic E-state index is 12.3. The smallest absolute Gasteiger partial charge is 0.324 e. The summed E-state index contributed by atoms with van der Waals surface area (Å²) in [6.07, 6.45) is 5.43. The fourth-order valence-corrected chi connectivity index (χ4v) is 2.07. The standard InChI is InChI=1S/C15H21NO4/c1-4-8-15(13(17)19-5-2,14(18)20-6-3)10-12-7-9-16-11-12/h4,7,9,11,16H,1,5-6,8,10H2,2-3H3. The minimum absolute atomic E-state index is 0.176. The predicted octanol–water partition coefficient (Wildman–Crippen LogP) is 2.25. The number of esters is 2. The molecule has 0 amide bonds. The lowest BCUT2D eigenvalue weighted by Crippen LogP contribution is -2.43. The van der Waals surface area contributed by atoms with Crippen molar-refractivity contribution in [3.63, 3.8) is 0 Å². The van der Waals surface area contributed by atoms with E-state index in [0.29, 0.717) is 0 Å². The van der Waals surface area contributed by atoms with Crippen LogP contribution >= 0.6 is 0 Å². The Labute approximate surface area is 119 Å². The lowest BCUT2D eigenvalue weighted by Gasteiger charge is -2.27. The van der Waals surface area contributed by atoms with E-state index in [1.807, 2.05) is 6.07 Å². The van der Waals surface area contributed by atoms with Gasteiger partial charge in [-0.05, 0) is 31.9 Å². The number of H-pyrrole nitrogens is 1. The monoisotopic (exact) mass is 279 g/mol. The average Bonchev–Trinajstić information content (AvgIpc) is 2.91. The maximum Gasteiger partial charge on any atom is 0.324 e. The third-order valence-electron chi connectivity index (χ3n) is 2.99. The van der Waals surface area contributed by atoms with Crippen LogP contribution in [0.5, 0.6) is 0 Å². The molecule has 0 atom stereocenters. The number of aromatic nitrogens is 1. The van der Waals surface area contributed by atoms with Crippen LogP contribution in [-0.2, 0) is 25.5 Å². The van der Waals surface area contributed by atoms with Gasteiger partial charge in [-0.2, -0.15) is 0 Å². The van der Waals surface area contributed by atoms with Gasteiger partial charge in [-0.15, -0.1) is 6.58 Å². The third kappa shape index (κ3) is 3.50. The summed E-state index contributed by atoms with van der Waals surface area (Å²) in [6, 6.07) is 1.82. The number of hydrogen-bond donors (Lipinski definition) is 1. The number of rotatable bonds is 8. The quantitative estimate of drug-likeness (QED) is 0.450. The van der Waals surface area contributed by atoms with Crippen molar-refractivity contribution in [2.45, 2.75) is 26.7 Å². The summed E-state index contributed by atoms with van der Waals surface area (Å²) in [5, 5.41) is 0. The van der Waals surface area contributed by atoms with Gasteiger partial charge in [0.15, 0.2) is 5.41 Å². The molecule has 0 aromatic carbocycles. The molecule has 110 valence electrons. The zero-order valence-corrected chi connectivity index (χ0v) is 12.0. The lowest BCUT2D eigenvalue weighted by molar-refractivity contribution is -0.171. The van der Waals surface area contributed by atoms with E-state index in [0.717, 1.165) is 5.56 Å². The maximum absolute atomic E-state index is 12.3. The number of hydrogen-bond acceptors (Lipinski definition) is 4. The second-order valence-corrected chi connectivity index (χ2v) is 4.41. The first-order valence-electron chi connectivity index (χ1n) is 6.67. The van der Waals surface area contributed by atoms with Gasteiger partial charge < -0.3 is 14.5 Å². The van der Waals surface area contributed by atoms with Gasteiger partial charge in [0, 0.05) is 18.8 Å². The normalized spacial score (nSPS) is 10.9. The zero-order valence-electron chi connectivity index (χ0n) is 12.0. The minimum atomic E-state index is -1.37. The van der Waals surface area contributed by atoms with Gasteiger partial charge in [-0.3, -0.25) is 9.59 Å². The van der Waals surface area contributed by atoms with Crippen LogP contribution in [0.2, 0.25) is 0 Å². The number of aromatic amines is 1. The molecule has 1 N–H and O–H groups in total.